The van der Waals surface area contributed by atoms with Gasteiger partial charge in [0.25, 0.3) is 0 Å². The van der Waals surface area contributed by atoms with Gasteiger partial charge < -0.3 is 4.98 Å². The van der Waals surface area contributed by atoms with Crippen LogP contribution >= 0.6 is 0 Å². The van der Waals surface area contributed by atoms with E-state index in [2.05, 4.69) is 18.0 Å². The number of rotatable bonds is 4. The van der Waals surface area contributed by atoms with Gasteiger partial charge in [0.05, 0.1) is 0 Å². The van der Waals surface area contributed by atoms with Crippen molar-refractivity contribution in [3.63, 3.8) is 0 Å². The molecule has 1 radical (unpaired) electrons. The van der Waals surface area contributed by atoms with Crippen molar-refractivity contribution in [1.82, 2.24) is 4.98 Å². The van der Waals surface area contributed by atoms with E-state index in [1.165, 1.54) is 17.7 Å². The summed E-state index contributed by atoms with van der Waals surface area (Å²) in [5, 5.41) is 10.7. The zero-order chi connectivity index (χ0) is 13.0. The van der Waals surface area contributed by atoms with Gasteiger partial charge in [-0.25, -0.2) is 0 Å². The van der Waals surface area contributed by atoms with Crippen molar-refractivity contribution < 1.29 is 24.4 Å². The number of pyridine rings is 1. The average molecular weight is 344 g/mol. The van der Waals surface area contributed by atoms with Gasteiger partial charge >= 0.3 is 0 Å². The fourth-order valence-corrected chi connectivity index (χ4v) is 1.78. The van der Waals surface area contributed by atoms with Crippen LogP contribution in [0.5, 0.6) is 0 Å². The minimum absolute atomic E-state index is 0. The van der Waals surface area contributed by atoms with Gasteiger partial charge in [0.2, 0.25) is 0 Å². The molecule has 19 heavy (non-hydrogen) atoms. The van der Waals surface area contributed by atoms with Crippen LogP contribution in [-0.2, 0) is 25.9 Å². The van der Waals surface area contributed by atoms with Crippen molar-refractivity contribution in [3.05, 3.63) is 58.3 Å². The van der Waals surface area contributed by atoms with E-state index in [1.54, 1.807) is 12.3 Å². The molecule has 0 spiro atoms. The molecule has 0 atom stereocenters. The summed E-state index contributed by atoms with van der Waals surface area (Å²) >= 11 is 0. The molecule has 0 bridgehead atoms. The molecule has 0 aliphatic carbocycles. The first-order chi connectivity index (χ1) is 8.70. The number of aromatic nitrogens is 1. The van der Waals surface area contributed by atoms with E-state index in [-0.39, 0.29) is 25.2 Å². The Bertz CT molecular complexity index is 573. The SMILES string of the molecule is CCCc1ccnc(-c2[c-]ccc([N+](=O)[O-])c2)c1.[Rh]. The second-order valence-corrected chi connectivity index (χ2v) is 4.02. The first kappa shape index (κ1) is 15.5. The standard InChI is InChI=1S/C14H13N2O2.Rh/c1-2-4-11-7-8-15-14(9-11)12-5-3-6-13(10-12)16(17)18;/h3,6-10H,2,4H2,1H3;/q-1;. The zero-order valence-corrected chi connectivity index (χ0v) is 12.1. The normalized spacial score (nSPS) is 9.74. The summed E-state index contributed by atoms with van der Waals surface area (Å²) in [5.41, 5.74) is 2.63. The van der Waals surface area contributed by atoms with E-state index >= 15 is 0 Å². The molecule has 0 aliphatic heterocycles. The Balaban J connectivity index is 0.00000180. The number of non-ortho nitro benzene ring substituents is 1. The largest absolute Gasteiger partial charge is 0.305 e. The van der Waals surface area contributed by atoms with E-state index in [4.69, 9.17) is 0 Å². The summed E-state index contributed by atoms with van der Waals surface area (Å²) in [4.78, 5) is 14.6. The molecule has 0 unspecified atom stereocenters. The van der Waals surface area contributed by atoms with E-state index < -0.39 is 4.92 Å². The molecule has 0 saturated carbocycles. The molecule has 0 amide bonds. The van der Waals surface area contributed by atoms with Gasteiger partial charge in [0, 0.05) is 30.6 Å². The monoisotopic (exact) mass is 344 g/mol. The maximum absolute atomic E-state index is 10.7. The van der Waals surface area contributed by atoms with E-state index in [0.717, 1.165) is 18.5 Å². The quantitative estimate of drug-likeness (QED) is 0.370. The number of nitro benzene ring substituents is 1. The minimum atomic E-state index is -0.409. The summed E-state index contributed by atoms with van der Waals surface area (Å²) in [6.07, 6.45) is 3.76. The molecule has 0 N–H and O–H groups in total. The number of hydrogen-bond donors (Lipinski definition) is 0. The predicted octanol–water partition coefficient (Wildman–Crippen LogP) is 3.41. The van der Waals surface area contributed by atoms with Gasteiger partial charge in [-0.15, -0.1) is 17.7 Å². The molecule has 1 aromatic heterocycles. The average Bonchev–Trinajstić information content (AvgIpc) is 2.39. The minimum Gasteiger partial charge on any atom is -0.305 e. The van der Waals surface area contributed by atoms with Crippen molar-refractivity contribution in [2.75, 3.05) is 0 Å². The topological polar surface area (TPSA) is 56.0 Å². The number of hydrogen-bond acceptors (Lipinski definition) is 3. The molecule has 0 aliphatic rings. The van der Waals surface area contributed by atoms with Crippen molar-refractivity contribution in [2.45, 2.75) is 19.8 Å². The van der Waals surface area contributed by atoms with E-state index in [0.29, 0.717) is 5.56 Å². The van der Waals surface area contributed by atoms with Crippen molar-refractivity contribution in [3.8, 4) is 11.3 Å². The Kier molecular flexibility index (Phi) is 5.77. The summed E-state index contributed by atoms with van der Waals surface area (Å²) in [5.74, 6) is 0. The van der Waals surface area contributed by atoms with Crippen LogP contribution in [0.2, 0.25) is 0 Å². The Morgan fingerprint density at radius 2 is 2.16 bits per heavy atom. The Morgan fingerprint density at radius 1 is 1.37 bits per heavy atom. The van der Waals surface area contributed by atoms with E-state index in [9.17, 15) is 10.1 Å². The van der Waals surface area contributed by atoms with Crippen LogP contribution in [-0.4, -0.2) is 9.91 Å². The van der Waals surface area contributed by atoms with Crippen molar-refractivity contribution in [2.24, 2.45) is 0 Å². The molecule has 1 aromatic carbocycles. The maximum Gasteiger partial charge on any atom is 0.192 e. The van der Waals surface area contributed by atoms with Crippen LogP contribution in [0.3, 0.4) is 0 Å². The first-order valence-corrected chi connectivity index (χ1v) is 5.82. The van der Waals surface area contributed by atoms with Crippen molar-refractivity contribution in [1.29, 1.82) is 0 Å². The van der Waals surface area contributed by atoms with Crippen LogP contribution in [0.1, 0.15) is 18.9 Å². The summed E-state index contributed by atoms with van der Waals surface area (Å²) in [7, 11) is 0. The third-order valence-corrected chi connectivity index (χ3v) is 2.63. The van der Waals surface area contributed by atoms with Gasteiger partial charge in [0.15, 0.2) is 5.69 Å². The van der Waals surface area contributed by atoms with Gasteiger partial charge in [-0.1, -0.05) is 37.1 Å². The molecule has 0 fully saturated rings. The Labute approximate surface area is 124 Å². The van der Waals surface area contributed by atoms with E-state index in [1.807, 2.05) is 12.1 Å². The predicted molar refractivity (Wildman–Crippen MR) is 69.2 cm³/mol. The van der Waals surface area contributed by atoms with Gasteiger partial charge in [-0.05, 0) is 18.2 Å². The van der Waals surface area contributed by atoms with Crippen LogP contribution in [0.15, 0.2) is 36.5 Å². The van der Waals surface area contributed by atoms with Crippen LogP contribution in [0.25, 0.3) is 11.3 Å². The zero-order valence-electron chi connectivity index (χ0n) is 10.4. The summed E-state index contributed by atoms with van der Waals surface area (Å²) in [6.45, 7) is 2.11. The van der Waals surface area contributed by atoms with Crippen molar-refractivity contribution >= 4 is 5.69 Å². The molecule has 5 heteroatoms. The fourth-order valence-electron chi connectivity index (χ4n) is 1.78. The summed E-state index contributed by atoms with van der Waals surface area (Å²) in [6, 6.07) is 11.4. The molecule has 1 heterocycles. The molecular weight excluding hydrogens is 331 g/mol. The molecule has 0 saturated heterocycles. The second-order valence-electron chi connectivity index (χ2n) is 4.02. The smallest absolute Gasteiger partial charge is 0.192 e. The second kappa shape index (κ2) is 7.10. The molecule has 4 nitrogen and oxygen atoms in total. The number of benzene rings is 1. The molecule has 101 valence electrons. The Morgan fingerprint density at radius 3 is 2.84 bits per heavy atom. The first-order valence-electron chi connectivity index (χ1n) is 5.82. The van der Waals surface area contributed by atoms with Crippen LogP contribution in [0.4, 0.5) is 5.69 Å². The third kappa shape index (κ3) is 3.93. The number of nitrogens with zero attached hydrogens (tertiary/aromatic N) is 2. The number of nitro groups is 1. The van der Waals surface area contributed by atoms with Crippen LogP contribution < -0.4 is 0 Å². The number of aryl methyl sites for hydroxylation is 1. The van der Waals surface area contributed by atoms with Crippen LogP contribution in [0, 0.1) is 16.2 Å². The molecule has 2 rings (SSSR count). The molecular formula is C14H13N2O2Rh-. The fraction of sp³-hybridized carbons (Fsp3) is 0.214. The maximum atomic E-state index is 10.7. The molecule has 2 aromatic rings. The third-order valence-electron chi connectivity index (χ3n) is 2.63. The summed E-state index contributed by atoms with van der Waals surface area (Å²) < 4.78 is 0. The Hall–Kier alpha value is -1.61. The van der Waals surface area contributed by atoms with Gasteiger partial charge in [0.1, 0.15) is 0 Å². The van der Waals surface area contributed by atoms with Gasteiger partial charge in [-0.2, -0.15) is 0 Å². The van der Waals surface area contributed by atoms with Gasteiger partial charge in [-0.3, -0.25) is 10.1 Å².